The molecule has 0 bridgehead atoms. The molecule has 172 valence electrons. The van der Waals surface area contributed by atoms with Gasteiger partial charge in [-0.15, -0.1) is 0 Å². The average Bonchev–Trinajstić information content (AvgIpc) is 2.85. The molecule has 1 N–H and O–H groups in total. The van der Waals surface area contributed by atoms with E-state index in [0.717, 1.165) is 71.1 Å². The van der Waals surface area contributed by atoms with Crippen molar-refractivity contribution >= 4 is 5.96 Å². The van der Waals surface area contributed by atoms with Crippen LogP contribution in [-0.4, -0.2) is 69.6 Å². The Hall–Kier alpha value is -1.63. The summed E-state index contributed by atoms with van der Waals surface area (Å²) < 4.78 is 18.1. The zero-order valence-electron chi connectivity index (χ0n) is 19.0. The van der Waals surface area contributed by atoms with E-state index < -0.39 is 0 Å². The van der Waals surface area contributed by atoms with Crippen LogP contribution in [-0.2, 0) is 14.2 Å². The summed E-state index contributed by atoms with van der Waals surface area (Å²) in [4.78, 5) is 6.94. The molecule has 0 saturated carbocycles. The van der Waals surface area contributed by atoms with E-state index in [-0.39, 0.29) is 6.10 Å². The lowest BCUT2D eigenvalue weighted by atomic mass is 9.89. The van der Waals surface area contributed by atoms with Crippen LogP contribution in [0.5, 0.6) is 0 Å². The van der Waals surface area contributed by atoms with Gasteiger partial charge < -0.3 is 24.4 Å². The monoisotopic (exact) mass is 429 g/mol. The smallest absolute Gasteiger partial charge is 0.193 e. The lowest BCUT2D eigenvalue weighted by Gasteiger charge is -2.37. The summed E-state index contributed by atoms with van der Waals surface area (Å²) in [5.74, 6) is 1.47. The maximum atomic E-state index is 6.17. The van der Waals surface area contributed by atoms with Crippen LogP contribution in [0.3, 0.4) is 0 Å². The molecule has 1 aromatic carbocycles. The van der Waals surface area contributed by atoms with Crippen molar-refractivity contribution in [1.82, 2.24) is 10.2 Å². The van der Waals surface area contributed by atoms with E-state index >= 15 is 0 Å². The molecule has 0 spiro atoms. The van der Waals surface area contributed by atoms with Crippen LogP contribution in [0.4, 0.5) is 0 Å². The summed E-state index contributed by atoms with van der Waals surface area (Å²) in [6.45, 7) is 5.36. The zero-order chi connectivity index (χ0) is 21.3. The minimum Gasteiger partial charge on any atom is -0.376 e. The number of likely N-dealkylation sites (tertiary alicyclic amines) is 1. The predicted octanol–water partition coefficient (Wildman–Crippen LogP) is 3.78. The minimum absolute atomic E-state index is 0.168. The largest absolute Gasteiger partial charge is 0.376 e. The van der Waals surface area contributed by atoms with Gasteiger partial charge in [-0.25, -0.2) is 0 Å². The number of guanidine groups is 1. The molecule has 0 aliphatic carbocycles. The molecule has 3 aliphatic rings. The summed E-state index contributed by atoms with van der Waals surface area (Å²) in [5.41, 5.74) is 1.28. The van der Waals surface area contributed by atoms with Crippen LogP contribution >= 0.6 is 0 Å². The van der Waals surface area contributed by atoms with Gasteiger partial charge in [0.2, 0.25) is 0 Å². The summed E-state index contributed by atoms with van der Waals surface area (Å²) >= 11 is 0. The first-order valence-electron chi connectivity index (χ1n) is 12.2. The molecule has 4 rings (SSSR count). The van der Waals surface area contributed by atoms with Crippen LogP contribution < -0.4 is 5.32 Å². The average molecular weight is 430 g/mol. The molecule has 3 fully saturated rings. The fourth-order valence-corrected chi connectivity index (χ4v) is 5.03. The first-order chi connectivity index (χ1) is 15.3. The van der Waals surface area contributed by atoms with Gasteiger partial charge in [0.25, 0.3) is 0 Å². The molecular weight excluding hydrogens is 390 g/mol. The highest BCUT2D eigenvalue weighted by molar-refractivity contribution is 5.80. The zero-order valence-corrected chi connectivity index (χ0v) is 19.0. The van der Waals surface area contributed by atoms with E-state index in [2.05, 4.69) is 45.5 Å². The number of rotatable bonds is 6. The Morgan fingerprint density at radius 1 is 1.03 bits per heavy atom. The molecule has 3 saturated heterocycles. The predicted molar refractivity (Wildman–Crippen MR) is 123 cm³/mol. The van der Waals surface area contributed by atoms with Gasteiger partial charge >= 0.3 is 0 Å². The lowest BCUT2D eigenvalue weighted by molar-refractivity contribution is -0.0721. The van der Waals surface area contributed by atoms with Gasteiger partial charge in [-0.2, -0.15) is 0 Å². The number of benzene rings is 1. The first kappa shape index (κ1) is 22.6. The third-order valence-corrected chi connectivity index (χ3v) is 6.84. The molecule has 3 heterocycles. The second kappa shape index (κ2) is 11.8. The molecule has 6 heteroatoms. The molecular formula is C25H39N3O3. The van der Waals surface area contributed by atoms with Crippen molar-refractivity contribution in [2.75, 3.05) is 46.5 Å². The molecule has 31 heavy (non-hydrogen) atoms. The molecule has 6 nitrogen and oxygen atoms in total. The fraction of sp³-hybridized carbons (Fsp3) is 0.720. The lowest BCUT2D eigenvalue weighted by Crippen LogP contribution is -2.48. The number of nitrogens with one attached hydrogen (secondary N) is 1. The molecule has 3 unspecified atom stereocenters. The molecule has 1 aromatic rings. The maximum absolute atomic E-state index is 6.17. The number of aliphatic imine (C=N–C) groups is 1. The van der Waals surface area contributed by atoms with Crippen LogP contribution in [0.15, 0.2) is 35.3 Å². The number of hydrogen-bond donors (Lipinski definition) is 1. The van der Waals surface area contributed by atoms with Gasteiger partial charge in [-0.05, 0) is 50.5 Å². The number of ether oxygens (including phenoxy) is 3. The van der Waals surface area contributed by atoms with E-state index in [4.69, 9.17) is 14.2 Å². The Bertz CT molecular complexity index is 670. The van der Waals surface area contributed by atoms with Crippen molar-refractivity contribution in [2.24, 2.45) is 10.9 Å². The summed E-state index contributed by atoms with van der Waals surface area (Å²) in [5, 5.41) is 3.64. The van der Waals surface area contributed by atoms with Crippen molar-refractivity contribution < 1.29 is 14.2 Å². The van der Waals surface area contributed by atoms with E-state index in [1.165, 1.54) is 24.8 Å². The Morgan fingerprint density at radius 3 is 2.58 bits per heavy atom. The van der Waals surface area contributed by atoms with E-state index in [0.29, 0.717) is 18.1 Å². The van der Waals surface area contributed by atoms with Gasteiger partial charge in [0.15, 0.2) is 5.96 Å². The number of nitrogens with zero attached hydrogens (tertiary/aromatic N) is 2. The standard InChI is InChI=1S/C25H39N3O3/c1-26-25(27-18-21-10-7-17-30-24(21)20-8-3-2-4-9-20)28-14-12-22(13-15-28)31-19-23-11-5-6-16-29-23/h2-4,8-9,21-24H,5-7,10-19H2,1H3,(H,26,27). The molecule has 0 amide bonds. The van der Waals surface area contributed by atoms with Crippen LogP contribution in [0.2, 0.25) is 0 Å². The Morgan fingerprint density at radius 2 is 1.84 bits per heavy atom. The third kappa shape index (κ3) is 6.43. The van der Waals surface area contributed by atoms with E-state index in [1.54, 1.807) is 0 Å². The van der Waals surface area contributed by atoms with Crippen molar-refractivity contribution in [2.45, 2.75) is 63.3 Å². The van der Waals surface area contributed by atoms with Gasteiger partial charge in [-0.3, -0.25) is 4.99 Å². The van der Waals surface area contributed by atoms with Crippen LogP contribution in [0, 0.1) is 5.92 Å². The Labute approximate surface area is 187 Å². The summed E-state index contributed by atoms with van der Waals surface area (Å²) in [6.07, 6.45) is 8.83. The fourth-order valence-electron chi connectivity index (χ4n) is 5.03. The van der Waals surface area contributed by atoms with Crippen molar-refractivity contribution in [3.8, 4) is 0 Å². The van der Waals surface area contributed by atoms with Crippen LogP contribution in [0.25, 0.3) is 0 Å². The Kier molecular flexibility index (Phi) is 8.62. The SMILES string of the molecule is CN=C(NCC1CCCOC1c1ccccc1)N1CCC(OCC2CCCCO2)CC1. The number of piperidine rings is 1. The highest BCUT2D eigenvalue weighted by Gasteiger charge is 2.29. The first-order valence-corrected chi connectivity index (χ1v) is 12.2. The third-order valence-electron chi connectivity index (χ3n) is 6.84. The summed E-state index contributed by atoms with van der Waals surface area (Å²) in [6, 6.07) is 10.6. The van der Waals surface area contributed by atoms with Gasteiger partial charge in [-0.1, -0.05) is 30.3 Å². The Balaban J connectivity index is 1.22. The number of hydrogen-bond acceptors (Lipinski definition) is 4. The van der Waals surface area contributed by atoms with Crippen molar-refractivity contribution in [3.63, 3.8) is 0 Å². The summed E-state index contributed by atoms with van der Waals surface area (Å²) in [7, 11) is 1.89. The topological polar surface area (TPSA) is 55.3 Å². The quantitative estimate of drug-likeness (QED) is 0.551. The second-order valence-corrected chi connectivity index (χ2v) is 9.04. The highest BCUT2D eigenvalue weighted by atomic mass is 16.5. The van der Waals surface area contributed by atoms with Gasteiger partial charge in [0.05, 0.1) is 24.9 Å². The molecule has 0 aromatic heterocycles. The van der Waals surface area contributed by atoms with Crippen molar-refractivity contribution in [3.05, 3.63) is 35.9 Å². The van der Waals surface area contributed by atoms with Crippen LogP contribution in [0.1, 0.15) is 56.6 Å². The van der Waals surface area contributed by atoms with Gasteiger partial charge in [0, 0.05) is 45.8 Å². The van der Waals surface area contributed by atoms with E-state index in [9.17, 15) is 0 Å². The minimum atomic E-state index is 0.168. The van der Waals surface area contributed by atoms with Crippen molar-refractivity contribution in [1.29, 1.82) is 0 Å². The molecule has 3 aliphatic heterocycles. The second-order valence-electron chi connectivity index (χ2n) is 9.04. The maximum Gasteiger partial charge on any atom is 0.193 e. The molecule has 0 radical (unpaired) electrons. The highest BCUT2D eigenvalue weighted by Crippen LogP contribution is 2.33. The van der Waals surface area contributed by atoms with E-state index in [1.807, 2.05) is 7.05 Å². The van der Waals surface area contributed by atoms with Gasteiger partial charge in [0.1, 0.15) is 0 Å². The molecule has 3 atom stereocenters. The normalized spacial score (nSPS) is 28.5.